The van der Waals surface area contributed by atoms with E-state index in [1.807, 2.05) is 6.07 Å². The Morgan fingerprint density at radius 2 is 1.74 bits per heavy atom. The highest BCUT2D eigenvalue weighted by molar-refractivity contribution is 9.10. The molecule has 1 N–H and O–H groups in total. The molecular formula is C19H16BrClN2O4. The number of rotatable bonds is 6. The summed E-state index contributed by atoms with van der Waals surface area (Å²) in [7, 11) is 4.50. The third-order valence-electron chi connectivity index (χ3n) is 3.58. The lowest BCUT2D eigenvalue weighted by atomic mass is 10.1. The van der Waals surface area contributed by atoms with Gasteiger partial charge in [-0.15, -0.1) is 0 Å². The van der Waals surface area contributed by atoms with Gasteiger partial charge in [-0.1, -0.05) is 27.5 Å². The highest BCUT2D eigenvalue weighted by Crippen LogP contribution is 2.34. The minimum absolute atomic E-state index is 0.107. The van der Waals surface area contributed by atoms with Crippen molar-refractivity contribution in [1.82, 2.24) is 0 Å². The van der Waals surface area contributed by atoms with Gasteiger partial charge in [-0.3, -0.25) is 4.79 Å². The number of hydrogen-bond acceptors (Lipinski definition) is 5. The van der Waals surface area contributed by atoms with E-state index in [4.69, 9.17) is 25.8 Å². The van der Waals surface area contributed by atoms with Gasteiger partial charge < -0.3 is 19.5 Å². The zero-order valence-corrected chi connectivity index (χ0v) is 17.1. The fraction of sp³-hybridized carbons (Fsp3) is 0.158. The molecule has 27 heavy (non-hydrogen) atoms. The van der Waals surface area contributed by atoms with E-state index in [1.165, 1.54) is 27.4 Å². The molecule has 0 saturated heterocycles. The number of nitrogens with zero attached hydrogens (tertiary/aromatic N) is 1. The highest BCUT2D eigenvalue weighted by Gasteiger charge is 2.15. The number of hydrogen-bond donors (Lipinski definition) is 1. The first kappa shape index (κ1) is 20.6. The number of ether oxygens (including phenoxy) is 3. The van der Waals surface area contributed by atoms with Gasteiger partial charge in [-0.05, 0) is 42.0 Å². The van der Waals surface area contributed by atoms with Crippen molar-refractivity contribution in [1.29, 1.82) is 5.26 Å². The zero-order chi connectivity index (χ0) is 20.0. The predicted molar refractivity (Wildman–Crippen MR) is 107 cm³/mol. The van der Waals surface area contributed by atoms with Crippen LogP contribution in [0.3, 0.4) is 0 Å². The van der Waals surface area contributed by atoms with E-state index in [0.29, 0.717) is 38.0 Å². The van der Waals surface area contributed by atoms with E-state index in [2.05, 4.69) is 21.2 Å². The van der Waals surface area contributed by atoms with Crippen LogP contribution < -0.4 is 19.5 Å². The molecule has 1 amide bonds. The predicted octanol–water partition coefficient (Wildman–Crippen LogP) is 4.67. The van der Waals surface area contributed by atoms with Crippen LogP contribution in [0.5, 0.6) is 17.2 Å². The summed E-state index contributed by atoms with van der Waals surface area (Å²) in [4.78, 5) is 12.5. The molecule has 8 heteroatoms. The molecule has 140 valence electrons. The Labute approximate surface area is 170 Å². The van der Waals surface area contributed by atoms with E-state index < -0.39 is 5.91 Å². The number of carbonyl (C=O) groups excluding carboxylic acids is 1. The zero-order valence-electron chi connectivity index (χ0n) is 14.8. The lowest BCUT2D eigenvalue weighted by Gasteiger charge is -2.11. The topological polar surface area (TPSA) is 80.6 Å². The first-order chi connectivity index (χ1) is 12.9. The molecule has 0 fully saturated rings. The Hall–Kier alpha value is -2.69. The van der Waals surface area contributed by atoms with Crippen molar-refractivity contribution in [3.8, 4) is 23.3 Å². The molecule has 0 spiro atoms. The van der Waals surface area contributed by atoms with Crippen LogP contribution in [0.4, 0.5) is 5.69 Å². The molecule has 0 aliphatic rings. The van der Waals surface area contributed by atoms with Crippen LogP contribution in [0.15, 0.2) is 40.4 Å². The van der Waals surface area contributed by atoms with E-state index in [9.17, 15) is 10.1 Å². The van der Waals surface area contributed by atoms with Crippen LogP contribution >= 0.6 is 27.5 Å². The maximum absolute atomic E-state index is 12.5. The number of nitrogens with one attached hydrogen (secondary N) is 1. The van der Waals surface area contributed by atoms with Crippen LogP contribution in [0, 0.1) is 11.3 Å². The molecule has 0 saturated carbocycles. The number of amides is 1. The third-order valence-corrected chi connectivity index (χ3v) is 4.50. The van der Waals surface area contributed by atoms with Crippen LogP contribution in [0.25, 0.3) is 6.08 Å². The quantitative estimate of drug-likeness (QED) is 0.510. The summed E-state index contributed by atoms with van der Waals surface area (Å²) in [6.45, 7) is 0. The summed E-state index contributed by atoms with van der Waals surface area (Å²) in [5.74, 6) is 0.825. The van der Waals surface area contributed by atoms with Crippen molar-refractivity contribution in [2.75, 3.05) is 26.6 Å². The summed E-state index contributed by atoms with van der Waals surface area (Å²) in [5.41, 5.74) is 0.838. The van der Waals surface area contributed by atoms with Crippen LogP contribution in [-0.2, 0) is 4.79 Å². The molecular weight excluding hydrogens is 436 g/mol. The second-order valence-electron chi connectivity index (χ2n) is 5.20. The van der Waals surface area contributed by atoms with Crippen molar-refractivity contribution in [2.45, 2.75) is 0 Å². The van der Waals surface area contributed by atoms with E-state index in [-0.39, 0.29) is 5.57 Å². The minimum Gasteiger partial charge on any atom is -0.495 e. The van der Waals surface area contributed by atoms with Gasteiger partial charge >= 0.3 is 0 Å². The van der Waals surface area contributed by atoms with Gasteiger partial charge in [0.2, 0.25) is 0 Å². The number of carbonyl (C=O) groups is 1. The fourth-order valence-electron chi connectivity index (χ4n) is 2.25. The van der Waals surface area contributed by atoms with Gasteiger partial charge in [0.05, 0.1) is 27.0 Å². The molecule has 0 unspecified atom stereocenters. The first-order valence-corrected chi connectivity index (χ1v) is 8.78. The van der Waals surface area contributed by atoms with Crippen LogP contribution in [-0.4, -0.2) is 27.2 Å². The maximum Gasteiger partial charge on any atom is 0.266 e. The molecule has 0 aliphatic heterocycles. The van der Waals surface area contributed by atoms with Crippen molar-refractivity contribution >= 4 is 45.2 Å². The third kappa shape index (κ3) is 4.94. The largest absolute Gasteiger partial charge is 0.495 e. The Morgan fingerprint density at radius 1 is 1.11 bits per heavy atom. The molecule has 6 nitrogen and oxygen atoms in total. The lowest BCUT2D eigenvalue weighted by Crippen LogP contribution is -2.14. The Kier molecular flexibility index (Phi) is 7.11. The Morgan fingerprint density at radius 3 is 2.33 bits per heavy atom. The number of anilines is 1. The average Bonchev–Trinajstić information content (AvgIpc) is 2.66. The van der Waals surface area contributed by atoms with Gasteiger partial charge in [0.1, 0.15) is 17.4 Å². The second-order valence-corrected chi connectivity index (χ2v) is 6.49. The van der Waals surface area contributed by atoms with Gasteiger partial charge in [0.25, 0.3) is 5.91 Å². The fourth-order valence-corrected chi connectivity index (χ4v) is 2.86. The number of methoxy groups -OCH3 is 3. The molecule has 0 heterocycles. The molecule has 0 atom stereocenters. The average molecular weight is 452 g/mol. The summed E-state index contributed by atoms with van der Waals surface area (Å²) in [6.07, 6.45) is 1.44. The monoisotopic (exact) mass is 450 g/mol. The number of halogens is 2. The van der Waals surface area contributed by atoms with Crippen molar-refractivity contribution in [2.24, 2.45) is 0 Å². The van der Waals surface area contributed by atoms with Crippen LogP contribution in [0.1, 0.15) is 5.56 Å². The number of benzene rings is 2. The number of nitriles is 1. The first-order valence-electron chi connectivity index (χ1n) is 7.61. The van der Waals surface area contributed by atoms with Gasteiger partial charge in [-0.2, -0.15) is 5.26 Å². The summed E-state index contributed by atoms with van der Waals surface area (Å²) in [6, 6.07) is 10.1. The molecule has 2 rings (SSSR count). The lowest BCUT2D eigenvalue weighted by molar-refractivity contribution is -0.112. The smallest absolute Gasteiger partial charge is 0.266 e. The summed E-state index contributed by atoms with van der Waals surface area (Å²) >= 11 is 9.36. The van der Waals surface area contributed by atoms with E-state index in [0.717, 1.165) is 0 Å². The summed E-state index contributed by atoms with van der Waals surface area (Å²) < 4.78 is 16.3. The van der Waals surface area contributed by atoms with Gasteiger partial charge in [-0.25, -0.2) is 0 Å². The standard InChI is InChI=1S/C19H16BrClN2O4/c1-25-16-5-4-13(21)8-15(16)23-19(24)12(10-22)6-11-7-17(26-2)18(27-3)9-14(11)20/h4-9H,1-3H3,(H,23,24)/b12-6+. The van der Waals surface area contributed by atoms with Crippen molar-refractivity contribution in [3.05, 3.63) is 51.0 Å². The maximum atomic E-state index is 12.5. The molecule has 0 aromatic heterocycles. The molecule has 0 bridgehead atoms. The van der Waals surface area contributed by atoms with E-state index >= 15 is 0 Å². The Balaban J connectivity index is 2.38. The summed E-state index contributed by atoms with van der Waals surface area (Å²) in [5, 5.41) is 12.5. The van der Waals surface area contributed by atoms with Crippen LogP contribution in [0.2, 0.25) is 5.02 Å². The molecule has 0 aliphatic carbocycles. The SMILES string of the molecule is COc1ccc(Cl)cc1NC(=O)/C(C#N)=C/c1cc(OC)c(OC)cc1Br. The van der Waals surface area contributed by atoms with E-state index in [1.54, 1.807) is 30.3 Å². The molecule has 2 aromatic carbocycles. The highest BCUT2D eigenvalue weighted by atomic mass is 79.9. The molecule has 2 aromatic rings. The second kappa shape index (κ2) is 9.31. The minimum atomic E-state index is -0.597. The Bertz CT molecular complexity index is 938. The van der Waals surface area contributed by atoms with Crippen molar-refractivity contribution < 1.29 is 19.0 Å². The normalized spacial score (nSPS) is 10.7. The van der Waals surface area contributed by atoms with Gasteiger partial charge in [0, 0.05) is 9.50 Å². The molecule has 0 radical (unpaired) electrons. The van der Waals surface area contributed by atoms with Gasteiger partial charge in [0.15, 0.2) is 11.5 Å². The van der Waals surface area contributed by atoms with Crippen molar-refractivity contribution in [3.63, 3.8) is 0 Å².